The van der Waals surface area contributed by atoms with Crippen LogP contribution in [-0.4, -0.2) is 26.7 Å². The molecule has 0 radical (unpaired) electrons. The first-order valence-electron chi connectivity index (χ1n) is 8.33. The minimum Gasteiger partial charge on any atom is -0.312 e. The molecule has 0 atom stereocenters. The van der Waals surface area contributed by atoms with E-state index >= 15 is 0 Å². The lowest BCUT2D eigenvalue weighted by molar-refractivity contribution is -0.117. The molecular formula is C19H20N2O4S. The van der Waals surface area contributed by atoms with Crippen molar-refractivity contribution in [1.82, 2.24) is 0 Å². The molecular weight excluding hydrogens is 352 g/mol. The lowest BCUT2D eigenvalue weighted by Crippen LogP contribution is -2.23. The molecule has 1 aliphatic heterocycles. The summed E-state index contributed by atoms with van der Waals surface area (Å²) in [5, 5.41) is 0. The second kappa shape index (κ2) is 6.92. The summed E-state index contributed by atoms with van der Waals surface area (Å²) >= 11 is 0. The van der Waals surface area contributed by atoms with Crippen molar-refractivity contribution in [2.45, 2.75) is 31.6 Å². The Kier molecular flexibility index (Phi) is 4.82. The van der Waals surface area contributed by atoms with Gasteiger partial charge < -0.3 is 4.90 Å². The predicted octanol–water partition coefficient (Wildman–Crippen LogP) is 3.13. The maximum atomic E-state index is 12.7. The number of carbonyl (C=O) groups is 2. The molecule has 0 bridgehead atoms. The van der Waals surface area contributed by atoms with E-state index in [9.17, 15) is 18.0 Å². The maximum absolute atomic E-state index is 12.7. The normalized spacial score (nSPS) is 14.5. The van der Waals surface area contributed by atoms with E-state index in [-0.39, 0.29) is 16.6 Å². The number of anilines is 2. The summed E-state index contributed by atoms with van der Waals surface area (Å²) < 4.78 is 27.8. The van der Waals surface area contributed by atoms with E-state index in [0.717, 1.165) is 12.0 Å². The quantitative estimate of drug-likeness (QED) is 0.818. The Balaban J connectivity index is 1.85. The Bertz CT molecular complexity index is 966. The van der Waals surface area contributed by atoms with Crippen LogP contribution in [0.2, 0.25) is 0 Å². The smallest absolute Gasteiger partial charge is 0.261 e. The van der Waals surface area contributed by atoms with Gasteiger partial charge in [-0.3, -0.25) is 14.3 Å². The number of carbonyl (C=O) groups excluding carboxylic acids is 2. The van der Waals surface area contributed by atoms with Gasteiger partial charge >= 0.3 is 0 Å². The fraction of sp³-hybridized carbons (Fsp3) is 0.263. The number of aryl methyl sites for hydroxylation is 1. The lowest BCUT2D eigenvalue weighted by Gasteiger charge is -2.16. The monoisotopic (exact) mass is 372 g/mol. The highest BCUT2D eigenvalue weighted by Crippen LogP contribution is 2.25. The minimum absolute atomic E-state index is 0.0513. The van der Waals surface area contributed by atoms with Crippen LogP contribution in [0.15, 0.2) is 47.4 Å². The number of ketones is 1. The molecule has 0 unspecified atom stereocenters. The Labute approximate surface area is 152 Å². The van der Waals surface area contributed by atoms with Gasteiger partial charge in [-0.2, -0.15) is 0 Å². The summed E-state index contributed by atoms with van der Waals surface area (Å²) in [4.78, 5) is 25.1. The average molecular weight is 372 g/mol. The predicted molar refractivity (Wildman–Crippen MR) is 100 cm³/mol. The molecule has 1 fully saturated rings. The van der Waals surface area contributed by atoms with Crippen LogP contribution in [0.25, 0.3) is 0 Å². The third kappa shape index (κ3) is 3.62. The van der Waals surface area contributed by atoms with Gasteiger partial charge in [-0.05, 0) is 56.2 Å². The number of nitrogens with zero attached hydrogens (tertiary/aromatic N) is 1. The SMILES string of the molecule is CC(=O)c1ccc(C)c(NS(=O)(=O)c2ccc(N3CCCC3=O)cc2)c1. The van der Waals surface area contributed by atoms with Crippen LogP contribution in [0.3, 0.4) is 0 Å². The number of amides is 1. The van der Waals surface area contributed by atoms with Crippen molar-refractivity contribution < 1.29 is 18.0 Å². The van der Waals surface area contributed by atoms with Crippen LogP contribution in [0.5, 0.6) is 0 Å². The van der Waals surface area contributed by atoms with Crippen molar-refractivity contribution in [3.05, 3.63) is 53.6 Å². The Morgan fingerprint density at radius 2 is 1.81 bits per heavy atom. The largest absolute Gasteiger partial charge is 0.312 e. The van der Waals surface area contributed by atoms with Gasteiger partial charge in [0.2, 0.25) is 5.91 Å². The molecule has 1 heterocycles. The van der Waals surface area contributed by atoms with E-state index in [2.05, 4.69) is 4.72 Å². The van der Waals surface area contributed by atoms with Gasteiger partial charge in [-0.25, -0.2) is 8.42 Å². The number of nitrogens with one attached hydrogen (secondary N) is 1. The zero-order valence-electron chi connectivity index (χ0n) is 14.7. The highest BCUT2D eigenvalue weighted by Gasteiger charge is 2.22. The highest BCUT2D eigenvalue weighted by molar-refractivity contribution is 7.92. The summed E-state index contributed by atoms with van der Waals surface area (Å²) in [6, 6.07) is 11.1. The van der Waals surface area contributed by atoms with E-state index < -0.39 is 10.0 Å². The van der Waals surface area contributed by atoms with Crippen molar-refractivity contribution >= 4 is 33.1 Å². The van der Waals surface area contributed by atoms with E-state index in [1.165, 1.54) is 25.1 Å². The van der Waals surface area contributed by atoms with E-state index in [4.69, 9.17) is 0 Å². The van der Waals surface area contributed by atoms with Crippen molar-refractivity contribution in [2.75, 3.05) is 16.2 Å². The zero-order chi connectivity index (χ0) is 18.9. The molecule has 0 saturated carbocycles. The van der Waals surface area contributed by atoms with Gasteiger partial charge in [0.05, 0.1) is 10.6 Å². The summed E-state index contributed by atoms with van der Waals surface area (Å²) in [5.74, 6) is -0.0829. The summed E-state index contributed by atoms with van der Waals surface area (Å²) in [5.41, 5.74) is 2.23. The van der Waals surface area contributed by atoms with Crippen LogP contribution in [0, 0.1) is 6.92 Å². The second-order valence-corrected chi connectivity index (χ2v) is 8.02. The first-order chi connectivity index (χ1) is 12.3. The molecule has 0 aromatic heterocycles. The lowest BCUT2D eigenvalue weighted by atomic mass is 10.1. The molecule has 1 saturated heterocycles. The van der Waals surface area contributed by atoms with Crippen molar-refractivity contribution in [1.29, 1.82) is 0 Å². The maximum Gasteiger partial charge on any atom is 0.261 e. The van der Waals surface area contributed by atoms with Gasteiger partial charge in [0, 0.05) is 24.2 Å². The molecule has 2 aromatic rings. The third-order valence-corrected chi connectivity index (χ3v) is 5.80. The van der Waals surface area contributed by atoms with Crippen LogP contribution in [-0.2, 0) is 14.8 Å². The fourth-order valence-corrected chi connectivity index (χ4v) is 4.00. The number of hydrogen-bond acceptors (Lipinski definition) is 4. The standard InChI is InChI=1S/C19H20N2O4S/c1-13-5-6-15(14(2)22)12-18(13)20-26(24,25)17-9-7-16(8-10-17)21-11-3-4-19(21)23/h5-10,12,20H,3-4,11H2,1-2H3. The van der Waals surface area contributed by atoms with Gasteiger partial charge in [-0.1, -0.05) is 12.1 Å². The van der Waals surface area contributed by atoms with Crippen LogP contribution in [0.1, 0.15) is 35.7 Å². The molecule has 136 valence electrons. The van der Waals surface area contributed by atoms with E-state index in [1.807, 2.05) is 0 Å². The Morgan fingerprint density at radius 3 is 2.38 bits per heavy atom. The second-order valence-electron chi connectivity index (χ2n) is 6.33. The number of sulfonamides is 1. The molecule has 0 spiro atoms. The van der Waals surface area contributed by atoms with E-state index in [1.54, 1.807) is 36.1 Å². The number of benzene rings is 2. The summed E-state index contributed by atoms with van der Waals surface area (Å²) in [6.07, 6.45) is 1.33. The van der Waals surface area contributed by atoms with E-state index in [0.29, 0.717) is 29.9 Å². The molecule has 6 nitrogen and oxygen atoms in total. The van der Waals surface area contributed by atoms with Gasteiger partial charge in [0.15, 0.2) is 5.78 Å². The highest BCUT2D eigenvalue weighted by atomic mass is 32.2. The molecule has 7 heteroatoms. The summed E-state index contributed by atoms with van der Waals surface area (Å²) in [6.45, 7) is 3.85. The average Bonchev–Trinajstić information content (AvgIpc) is 3.02. The third-order valence-electron chi connectivity index (χ3n) is 4.42. The molecule has 2 aromatic carbocycles. The van der Waals surface area contributed by atoms with Crippen LogP contribution in [0.4, 0.5) is 11.4 Å². The number of hydrogen-bond donors (Lipinski definition) is 1. The molecule has 1 aliphatic rings. The fourth-order valence-electron chi connectivity index (χ4n) is 2.88. The molecule has 0 aliphatic carbocycles. The molecule has 1 amide bonds. The van der Waals surface area contributed by atoms with Gasteiger partial charge in [0.1, 0.15) is 0 Å². The van der Waals surface area contributed by atoms with Crippen molar-refractivity contribution in [2.24, 2.45) is 0 Å². The van der Waals surface area contributed by atoms with Crippen LogP contribution >= 0.6 is 0 Å². The van der Waals surface area contributed by atoms with Gasteiger partial charge in [-0.15, -0.1) is 0 Å². The molecule has 3 rings (SSSR count). The molecule has 26 heavy (non-hydrogen) atoms. The van der Waals surface area contributed by atoms with Crippen molar-refractivity contribution in [3.8, 4) is 0 Å². The van der Waals surface area contributed by atoms with Crippen molar-refractivity contribution in [3.63, 3.8) is 0 Å². The number of rotatable bonds is 5. The first-order valence-corrected chi connectivity index (χ1v) is 9.81. The summed E-state index contributed by atoms with van der Waals surface area (Å²) in [7, 11) is -3.80. The zero-order valence-corrected chi connectivity index (χ0v) is 15.5. The Morgan fingerprint density at radius 1 is 1.12 bits per heavy atom. The topological polar surface area (TPSA) is 83.6 Å². The van der Waals surface area contributed by atoms with Gasteiger partial charge in [0.25, 0.3) is 10.0 Å². The number of Topliss-reactive ketones (excluding diaryl/α,β-unsaturated/α-hetero) is 1. The van der Waals surface area contributed by atoms with Crippen LogP contribution < -0.4 is 9.62 Å². The Hall–Kier alpha value is -2.67. The molecule has 1 N–H and O–H groups in total. The first kappa shape index (κ1) is 18.1. The minimum atomic E-state index is -3.80.